The summed E-state index contributed by atoms with van der Waals surface area (Å²) >= 11 is 0. The van der Waals surface area contributed by atoms with E-state index >= 15 is 0 Å². The van der Waals surface area contributed by atoms with Crippen molar-refractivity contribution in [3.63, 3.8) is 0 Å². The summed E-state index contributed by atoms with van der Waals surface area (Å²) < 4.78 is 67.9. The summed E-state index contributed by atoms with van der Waals surface area (Å²) in [6.07, 6.45) is 1.32. The number of anilines is 2. The van der Waals surface area contributed by atoms with Crippen LogP contribution >= 0.6 is 0 Å². The Morgan fingerprint density at radius 2 is 1.65 bits per heavy atom. The number of hydrogen-bond donors (Lipinski definition) is 3. The Kier molecular flexibility index (Phi) is 13.0. The van der Waals surface area contributed by atoms with Gasteiger partial charge in [0, 0.05) is 44.0 Å². The number of nitrogens with zero attached hydrogens (tertiary/aromatic N) is 2. The van der Waals surface area contributed by atoms with Gasteiger partial charge in [-0.1, -0.05) is 6.92 Å². The fourth-order valence-corrected chi connectivity index (χ4v) is 6.43. The minimum atomic E-state index is -4.12. The van der Waals surface area contributed by atoms with Crippen molar-refractivity contribution in [3.8, 4) is 5.75 Å². The number of fused-ring (bicyclic) bond motifs is 1. The van der Waals surface area contributed by atoms with Gasteiger partial charge in [0.25, 0.3) is 15.9 Å². The van der Waals surface area contributed by atoms with Gasteiger partial charge in [-0.2, -0.15) is 0 Å². The summed E-state index contributed by atoms with van der Waals surface area (Å²) in [5.41, 5.74) is 0.610. The van der Waals surface area contributed by atoms with Crippen LogP contribution in [0.5, 0.6) is 5.75 Å². The molecule has 0 aromatic heterocycles. The molecule has 0 unspecified atom stereocenters. The average Bonchev–Trinajstić information content (AvgIpc) is 3.07. The van der Waals surface area contributed by atoms with Gasteiger partial charge in [-0.05, 0) is 99.8 Å². The van der Waals surface area contributed by atoms with Crippen LogP contribution in [0.3, 0.4) is 0 Å². The second-order valence-corrected chi connectivity index (χ2v) is 14.1. The van der Waals surface area contributed by atoms with Crippen LogP contribution in [0.15, 0.2) is 71.6 Å². The second-order valence-electron chi connectivity index (χ2n) is 12.4. The smallest absolute Gasteiger partial charge is 0.321 e. The minimum Gasteiger partial charge on any atom is -0.490 e. The van der Waals surface area contributed by atoms with E-state index in [4.69, 9.17) is 9.47 Å². The summed E-state index contributed by atoms with van der Waals surface area (Å²) in [6.45, 7) is 5.81. The van der Waals surface area contributed by atoms with Crippen LogP contribution in [-0.4, -0.2) is 86.9 Å². The van der Waals surface area contributed by atoms with E-state index in [2.05, 4.69) is 10.0 Å². The van der Waals surface area contributed by atoms with Crippen LogP contribution in [0.2, 0.25) is 0 Å². The molecule has 266 valence electrons. The van der Waals surface area contributed by atoms with Gasteiger partial charge in [-0.3, -0.25) is 9.52 Å². The van der Waals surface area contributed by atoms with Gasteiger partial charge >= 0.3 is 6.03 Å². The van der Waals surface area contributed by atoms with Gasteiger partial charge in [0.15, 0.2) is 0 Å². The monoisotopic (exact) mass is 702 g/mol. The van der Waals surface area contributed by atoms with Crippen LogP contribution in [0.1, 0.15) is 50.4 Å². The van der Waals surface area contributed by atoms with E-state index in [1.807, 2.05) is 13.8 Å². The lowest BCUT2D eigenvalue weighted by Crippen LogP contribution is -2.48. The topological polar surface area (TPSA) is 138 Å². The molecule has 0 saturated carbocycles. The number of benzene rings is 3. The van der Waals surface area contributed by atoms with E-state index in [0.29, 0.717) is 18.7 Å². The number of sulfonamides is 1. The number of carbonyl (C=O) groups excluding carboxylic acids is 2. The summed E-state index contributed by atoms with van der Waals surface area (Å²) in [5.74, 6) is -1.58. The number of aliphatic hydroxyl groups is 1. The van der Waals surface area contributed by atoms with Gasteiger partial charge in [0.2, 0.25) is 0 Å². The van der Waals surface area contributed by atoms with Crippen LogP contribution in [-0.2, 0) is 14.8 Å². The molecular weight excluding hydrogens is 658 g/mol. The van der Waals surface area contributed by atoms with Crippen molar-refractivity contribution >= 4 is 33.3 Å². The lowest BCUT2D eigenvalue weighted by atomic mass is 10.0. The Morgan fingerprint density at radius 1 is 1.02 bits per heavy atom. The second kappa shape index (κ2) is 16.9. The van der Waals surface area contributed by atoms with E-state index in [1.54, 1.807) is 14.0 Å². The maximum Gasteiger partial charge on any atom is 0.321 e. The lowest BCUT2D eigenvalue weighted by molar-refractivity contribution is -0.0115. The van der Waals surface area contributed by atoms with E-state index in [-0.39, 0.29) is 53.6 Å². The van der Waals surface area contributed by atoms with Crippen LogP contribution < -0.4 is 14.8 Å². The first-order valence-electron chi connectivity index (χ1n) is 16.2. The van der Waals surface area contributed by atoms with Crippen LogP contribution in [0, 0.1) is 17.6 Å². The number of urea groups is 1. The minimum absolute atomic E-state index is 0.0870. The molecule has 49 heavy (non-hydrogen) atoms. The molecule has 3 aromatic carbocycles. The molecular formula is C35H44F2N4O7S. The number of hydrogen-bond acceptors (Lipinski definition) is 7. The number of carbonyl (C=O) groups is 2. The van der Waals surface area contributed by atoms with E-state index in [1.165, 1.54) is 52.3 Å². The fraction of sp³-hybridized carbons (Fsp3) is 0.429. The molecule has 0 aliphatic carbocycles. The lowest BCUT2D eigenvalue weighted by Gasteiger charge is -2.35. The molecule has 1 aliphatic rings. The quantitative estimate of drug-likeness (QED) is 0.273. The Morgan fingerprint density at radius 3 is 2.31 bits per heavy atom. The average molecular weight is 703 g/mol. The number of halogens is 2. The highest BCUT2D eigenvalue weighted by Crippen LogP contribution is 2.29. The predicted molar refractivity (Wildman–Crippen MR) is 182 cm³/mol. The van der Waals surface area contributed by atoms with Crippen molar-refractivity contribution in [2.75, 3.05) is 43.4 Å². The fourth-order valence-electron chi connectivity index (χ4n) is 5.38. The van der Waals surface area contributed by atoms with Crippen LogP contribution in [0.25, 0.3) is 0 Å². The molecule has 0 bridgehead atoms. The van der Waals surface area contributed by atoms with Crippen LogP contribution in [0.4, 0.5) is 25.0 Å². The molecule has 3 N–H and O–H groups in total. The maximum atomic E-state index is 14.3. The molecule has 0 spiro atoms. The van der Waals surface area contributed by atoms with Crippen molar-refractivity contribution in [1.29, 1.82) is 0 Å². The Hall–Kier alpha value is -4.27. The highest BCUT2D eigenvalue weighted by Gasteiger charge is 2.31. The zero-order valence-electron chi connectivity index (χ0n) is 28.1. The Balaban J connectivity index is 1.62. The molecule has 0 fully saturated rings. The molecule has 0 saturated heterocycles. The highest BCUT2D eigenvalue weighted by molar-refractivity contribution is 7.92. The number of aliphatic hydroxyl groups excluding tert-OH is 1. The van der Waals surface area contributed by atoms with Gasteiger partial charge in [0.1, 0.15) is 17.4 Å². The first-order chi connectivity index (χ1) is 23.3. The van der Waals surface area contributed by atoms with Gasteiger partial charge < -0.3 is 29.7 Å². The number of nitrogens with one attached hydrogen (secondary N) is 2. The van der Waals surface area contributed by atoms with Crippen molar-refractivity contribution in [2.24, 2.45) is 5.92 Å². The molecule has 3 aromatic rings. The van der Waals surface area contributed by atoms with Crippen molar-refractivity contribution in [3.05, 3.63) is 83.9 Å². The molecule has 4 rings (SSSR count). The zero-order chi connectivity index (χ0) is 35.7. The molecule has 0 radical (unpaired) electrons. The molecule has 1 aliphatic heterocycles. The number of rotatable bonds is 8. The molecule has 11 nitrogen and oxygen atoms in total. The van der Waals surface area contributed by atoms with Gasteiger partial charge in [0.05, 0.1) is 35.3 Å². The summed E-state index contributed by atoms with van der Waals surface area (Å²) in [5, 5.41) is 12.9. The normalized spacial score (nSPS) is 19.9. The first kappa shape index (κ1) is 37.5. The van der Waals surface area contributed by atoms with Gasteiger partial charge in [-0.15, -0.1) is 0 Å². The summed E-state index contributed by atoms with van der Waals surface area (Å²) in [7, 11) is -2.50. The summed E-state index contributed by atoms with van der Waals surface area (Å²) in [6, 6.07) is 13.1. The van der Waals surface area contributed by atoms with Crippen molar-refractivity contribution in [2.45, 2.75) is 63.2 Å². The van der Waals surface area contributed by atoms with E-state index in [0.717, 1.165) is 37.1 Å². The van der Waals surface area contributed by atoms with Crippen molar-refractivity contribution < 1.29 is 41.4 Å². The SMILES string of the molecule is C[C@@H]1CN([C@@H](C)CO)C(=O)c2cc(NS(=O)(=O)c3ccc(F)cc3)ccc2O[C@@H](C)CCCCO[C@@H]1CN(C)C(=O)Nc1ccc(F)cc1. The Bertz CT molecular complexity index is 1680. The molecule has 4 atom stereocenters. The third-order valence-electron chi connectivity index (χ3n) is 8.32. The Labute approximate surface area is 286 Å². The standard InChI is InChI=1S/C35H44F2N4O7S/c1-23-20-41(24(2)22-42)34(43)31-19-29(39-49(45,46)30-15-10-27(37)11-16-30)14-17-32(31)48-25(3)7-5-6-18-47-33(23)21-40(4)35(44)38-28-12-8-26(36)9-13-28/h8-17,19,23-25,33,39,42H,5-7,18,20-22H2,1-4H3,(H,38,44)/t23-,24+,25+,33-/m1/s1. The van der Waals surface area contributed by atoms with Gasteiger partial charge in [-0.25, -0.2) is 22.0 Å². The maximum absolute atomic E-state index is 14.3. The van der Waals surface area contributed by atoms with Crippen molar-refractivity contribution in [1.82, 2.24) is 9.80 Å². The predicted octanol–water partition coefficient (Wildman–Crippen LogP) is 5.73. The number of likely N-dealkylation sites (N-methyl/N-ethyl adjacent to an activating group) is 1. The number of ether oxygens (including phenoxy) is 2. The number of amides is 3. The van der Waals surface area contributed by atoms with E-state index < -0.39 is 45.7 Å². The molecule has 14 heteroatoms. The zero-order valence-corrected chi connectivity index (χ0v) is 28.9. The summed E-state index contributed by atoms with van der Waals surface area (Å²) in [4.78, 5) is 30.1. The third kappa shape index (κ3) is 10.4. The third-order valence-corrected chi connectivity index (χ3v) is 9.72. The molecule has 3 amide bonds. The highest BCUT2D eigenvalue weighted by atomic mass is 32.2. The molecule has 1 heterocycles. The largest absolute Gasteiger partial charge is 0.490 e. The first-order valence-corrected chi connectivity index (χ1v) is 17.7. The van der Waals surface area contributed by atoms with E-state index in [9.17, 15) is 31.9 Å².